The van der Waals surface area contributed by atoms with Gasteiger partial charge in [0.25, 0.3) is 11.5 Å². The third-order valence-corrected chi connectivity index (χ3v) is 8.68. The first-order valence-corrected chi connectivity index (χ1v) is 16.3. The molecule has 0 aliphatic carbocycles. The number of likely N-dealkylation sites (tertiary alicyclic amines) is 1. The van der Waals surface area contributed by atoms with Crippen LogP contribution in [0.4, 0.5) is 0 Å². The Morgan fingerprint density at radius 1 is 0.935 bits per heavy atom. The van der Waals surface area contributed by atoms with E-state index >= 15 is 0 Å². The van der Waals surface area contributed by atoms with Crippen molar-refractivity contribution in [2.45, 2.75) is 46.6 Å². The average molecular weight is 650 g/mol. The van der Waals surface area contributed by atoms with Gasteiger partial charge in [-0.1, -0.05) is 23.5 Å². The Kier molecular flexibility index (Phi) is 10.5. The zero-order valence-electron chi connectivity index (χ0n) is 26.8. The van der Waals surface area contributed by atoms with Gasteiger partial charge in [-0.15, -0.1) is 0 Å². The van der Waals surface area contributed by atoms with Gasteiger partial charge >= 0.3 is 5.97 Å². The predicted molar refractivity (Wildman–Crippen MR) is 173 cm³/mol. The summed E-state index contributed by atoms with van der Waals surface area (Å²) in [6.45, 7) is 9.62. The molecule has 5 rings (SSSR count). The van der Waals surface area contributed by atoms with Gasteiger partial charge in [0.05, 0.1) is 48.8 Å². The smallest absolute Gasteiger partial charge is 0.338 e. The van der Waals surface area contributed by atoms with E-state index in [1.54, 1.807) is 62.3 Å². The van der Waals surface area contributed by atoms with Crippen LogP contribution in [0.15, 0.2) is 57.5 Å². The molecule has 3 heterocycles. The number of carbonyl (C=O) groups excluding carboxylic acids is 2. The summed E-state index contributed by atoms with van der Waals surface area (Å²) >= 11 is 1.22. The Labute approximate surface area is 271 Å². The van der Waals surface area contributed by atoms with Gasteiger partial charge in [0.1, 0.15) is 0 Å². The van der Waals surface area contributed by atoms with Crippen molar-refractivity contribution in [1.82, 2.24) is 9.47 Å². The van der Waals surface area contributed by atoms with Crippen molar-refractivity contribution >= 4 is 29.3 Å². The lowest BCUT2D eigenvalue weighted by Crippen LogP contribution is -2.40. The van der Waals surface area contributed by atoms with E-state index in [-0.39, 0.29) is 30.3 Å². The number of hydrogen-bond donors (Lipinski definition) is 0. The molecule has 0 spiro atoms. The molecular weight excluding hydrogens is 610 g/mol. The first-order valence-electron chi connectivity index (χ1n) is 15.5. The van der Waals surface area contributed by atoms with Gasteiger partial charge in [-0.25, -0.2) is 9.79 Å². The summed E-state index contributed by atoms with van der Waals surface area (Å²) in [5.74, 6) is 1.36. The second kappa shape index (κ2) is 14.7. The van der Waals surface area contributed by atoms with Crippen LogP contribution in [-0.4, -0.2) is 68.0 Å². The number of aromatic nitrogens is 1. The second-order valence-corrected chi connectivity index (χ2v) is 11.7. The Morgan fingerprint density at radius 3 is 2.30 bits per heavy atom. The normalized spacial score (nSPS) is 16.2. The van der Waals surface area contributed by atoms with E-state index in [1.165, 1.54) is 15.9 Å². The Balaban J connectivity index is 1.55. The number of carbonyl (C=O) groups is 2. The molecule has 0 saturated carbocycles. The summed E-state index contributed by atoms with van der Waals surface area (Å²) in [6, 6.07) is 9.87. The zero-order chi connectivity index (χ0) is 32.8. The average Bonchev–Trinajstić information content (AvgIpc) is 3.69. The molecule has 1 aromatic heterocycles. The highest BCUT2D eigenvalue weighted by Crippen LogP contribution is 2.36. The van der Waals surface area contributed by atoms with Gasteiger partial charge in [0, 0.05) is 13.1 Å². The van der Waals surface area contributed by atoms with Gasteiger partial charge < -0.3 is 28.6 Å². The van der Waals surface area contributed by atoms with Crippen LogP contribution in [0.5, 0.6) is 23.0 Å². The van der Waals surface area contributed by atoms with Crippen LogP contribution in [0.2, 0.25) is 0 Å². The maximum atomic E-state index is 14.1. The van der Waals surface area contributed by atoms with Crippen LogP contribution in [0.3, 0.4) is 0 Å². The van der Waals surface area contributed by atoms with E-state index in [9.17, 15) is 14.4 Å². The van der Waals surface area contributed by atoms with Gasteiger partial charge in [0.2, 0.25) is 0 Å². The SMILES string of the molecule is CCOC(=O)C1=C(C)N=c2s/c(=C/c3ccc(OCC(=O)N4CCCC4)c(OCC)c3)c(=O)n2[C@H]1c1ccc(OC)c(OCC)c1. The lowest BCUT2D eigenvalue weighted by atomic mass is 9.95. The van der Waals surface area contributed by atoms with Gasteiger partial charge in [0.15, 0.2) is 34.4 Å². The summed E-state index contributed by atoms with van der Waals surface area (Å²) in [7, 11) is 1.55. The summed E-state index contributed by atoms with van der Waals surface area (Å²) in [6.07, 6.45) is 3.77. The van der Waals surface area contributed by atoms with Crippen LogP contribution >= 0.6 is 11.3 Å². The molecule has 0 bridgehead atoms. The monoisotopic (exact) mass is 649 g/mol. The third kappa shape index (κ3) is 6.81. The standard InChI is InChI=1S/C34H39N3O8S/c1-6-42-26-17-22(11-13-25(26)45-20-29(38)36-15-9-10-16-36)18-28-32(39)37-31(23-12-14-24(41-5)27(19-23)43-7-2)30(33(40)44-8-3)21(4)35-34(37)46-28/h11-14,17-19,31H,6-10,15-16,20H2,1-5H3/b28-18+/t31-/m0/s1. The number of ether oxygens (including phenoxy) is 5. The fraction of sp³-hybridized carbons (Fsp3) is 0.412. The highest BCUT2D eigenvalue weighted by Gasteiger charge is 2.34. The van der Waals surface area contributed by atoms with Crippen molar-refractivity contribution in [2.24, 2.45) is 4.99 Å². The predicted octanol–water partition coefficient (Wildman–Crippen LogP) is 3.61. The first kappa shape index (κ1) is 32.8. The summed E-state index contributed by atoms with van der Waals surface area (Å²) in [5.41, 5.74) is 1.78. The lowest BCUT2D eigenvalue weighted by Gasteiger charge is -2.25. The van der Waals surface area contributed by atoms with Gasteiger partial charge in [-0.05, 0) is 82.0 Å². The molecule has 46 heavy (non-hydrogen) atoms. The quantitative estimate of drug-likeness (QED) is 0.273. The third-order valence-electron chi connectivity index (χ3n) is 7.70. The maximum absolute atomic E-state index is 14.1. The molecule has 2 aliphatic heterocycles. The molecule has 0 unspecified atom stereocenters. The molecule has 1 amide bonds. The number of benzene rings is 2. The van der Waals surface area contributed by atoms with E-state index in [2.05, 4.69) is 4.99 Å². The van der Waals surface area contributed by atoms with E-state index in [0.29, 0.717) is 62.4 Å². The molecule has 11 nitrogen and oxygen atoms in total. The fourth-order valence-electron chi connectivity index (χ4n) is 5.59. The number of allylic oxidation sites excluding steroid dienone is 1. The largest absolute Gasteiger partial charge is 0.493 e. The first-order chi connectivity index (χ1) is 22.3. The number of amides is 1. The summed E-state index contributed by atoms with van der Waals surface area (Å²) < 4.78 is 30.3. The minimum Gasteiger partial charge on any atom is -0.493 e. The van der Waals surface area contributed by atoms with Crippen molar-refractivity contribution in [3.05, 3.63) is 78.5 Å². The van der Waals surface area contributed by atoms with Crippen molar-refractivity contribution < 1.29 is 33.3 Å². The zero-order valence-corrected chi connectivity index (χ0v) is 27.6. The summed E-state index contributed by atoms with van der Waals surface area (Å²) in [5, 5.41) is 0. The van der Waals surface area contributed by atoms with Gasteiger partial charge in [-0.2, -0.15) is 0 Å². The number of methoxy groups -OCH3 is 1. The number of hydrogen-bond acceptors (Lipinski definition) is 10. The number of rotatable bonds is 12. The molecule has 1 atom stereocenters. The Hall–Kier alpha value is -4.58. The lowest BCUT2D eigenvalue weighted by molar-refractivity contribution is -0.139. The van der Waals surface area contributed by atoms with Crippen molar-refractivity contribution in [3.63, 3.8) is 0 Å². The molecule has 2 aromatic carbocycles. The highest BCUT2D eigenvalue weighted by atomic mass is 32.1. The highest BCUT2D eigenvalue weighted by molar-refractivity contribution is 7.07. The molecular formula is C34H39N3O8S. The number of thiazole rings is 1. The van der Waals surface area contributed by atoms with Gasteiger partial charge in [-0.3, -0.25) is 14.2 Å². The molecule has 0 radical (unpaired) electrons. The Bertz CT molecular complexity index is 1820. The van der Waals surface area contributed by atoms with Crippen LogP contribution < -0.4 is 33.8 Å². The second-order valence-electron chi connectivity index (χ2n) is 10.7. The molecule has 12 heteroatoms. The fourth-order valence-corrected chi connectivity index (χ4v) is 6.64. The van der Waals surface area contributed by atoms with E-state index in [4.69, 9.17) is 23.7 Å². The van der Waals surface area contributed by atoms with E-state index in [0.717, 1.165) is 25.9 Å². The number of esters is 1. The van der Waals surface area contributed by atoms with E-state index < -0.39 is 12.0 Å². The van der Waals surface area contributed by atoms with Crippen LogP contribution in [-0.2, 0) is 14.3 Å². The van der Waals surface area contributed by atoms with Crippen LogP contribution in [0.1, 0.15) is 57.7 Å². The minimum atomic E-state index is -0.800. The molecule has 0 N–H and O–H groups in total. The topological polar surface area (TPSA) is 118 Å². The van der Waals surface area contributed by atoms with Crippen molar-refractivity contribution in [3.8, 4) is 23.0 Å². The van der Waals surface area contributed by atoms with Crippen molar-refractivity contribution in [1.29, 1.82) is 0 Å². The molecule has 244 valence electrons. The molecule has 3 aromatic rings. The van der Waals surface area contributed by atoms with Crippen LogP contribution in [0, 0.1) is 0 Å². The maximum Gasteiger partial charge on any atom is 0.338 e. The Morgan fingerprint density at radius 2 is 1.63 bits per heavy atom. The number of nitrogens with zero attached hydrogens (tertiary/aromatic N) is 3. The van der Waals surface area contributed by atoms with Crippen molar-refractivity contribution in [2.75, 3.05) is 46.6 Å². The molecule has 2 aliphatic rings. The minimum absolute atomic E-state index is 0.0533. The molecule has 1 fully saturated rings. The van der Waals surface area contributed by atoms with Crippen LogP contribution in [0.25, 0.3) is 6.08 Å². The summed E-state index contributed by atoms with van der Waals surface area (Å²) in [4.78, 5) is 46.8. The van der Waals surface area contributed by atoms with E-state index in [1.807, 2.05) is 19.9 Å². The molecule has 1 saturated heterocycles. The number of fused-ring (bicyclic) bond motifs is 1.